The van der Waals surface area contributed by atoms with E-state index < -0.39 is 0 Å². The van der Waals surface area contributed by atoms with Crippen LogP contribution in [0.25, 0.3) is 0 Å². The molecule has 1 saturated heterocycles. The molecule has 0 spiro atoms. The molecule has 0 aliphatic carbocycles. The number of carbonyl (C=O) groups is 1. The third-order valence-corrected chi connectivity index (χ3v) is 6.18. The van der Waals surface area contributed by atoms with Crippen molar-refractivity contribution in [3.05, 3.63) is 46.2 Å². The lowest BCUT2D eigenvalue weighted by Crippen LogP contribution is -2.32. The SMILES string of the molecule is O=C(c1ccsc1)N1CCS[C@@H](c2ccc3c(c2)OCO3)CC1. The Hall–Kier alpha value is -1.66. The second kappa shape index (κ2) is 6.45. The topological polar surface area (TPSA) is 38.8 Å². The van der Waals surface area contributed by atoms with Gasteiger partial charge in [-0.3, -0.25) is 4.79 Å². The van der Waals surface area contributed by atoms with Crippen molar-refractivity contribution in [1.29, 1.82) is 0 Å². The fraction of sp³-hybridized carbons (Fsp3) is 0.353. The molecule has 1 amide bonds. The Labute approximate surface area is 143 Å². The molecule has 120 valence electrons. The average Bonchev–Trinajstić information content (AvgIpc) is 3.20. The molecule has 2 aliphatic heterocycles. The molecule has 0 unspecified atom stereocenters. The van der Waals surface area contributed by atoms with Crippen LogP contribution >= 0.6 is 23.1 Å². The molecule has 2 aliphatic rings. The number of hydrogen-bond donors (Lipinski definition) is 0. The van der Waals surface area contributed by atoms with Crippen molar-refractivity contribution in [3.63, 3.8) is 0 Å². The van der Waals surface area contributed by atoms with Gasteiger partial charge in [-0.05, 0) is 35.6 Å². The third kappa shape index (κ3) is 3.05. The molecule has 0 saturated carbocycles. The molecule has 4 nitrogen and oxygen atoms in total. The minimum Gasteiger partial charge on any atom is -0.454 e. The average molecular weight is 347 g/mol. The summed E-state index contributed by atoms with van der Waals surface area (Å²) in [6.07, 6.45) is 0.959. The standard InChI is InChI=1S/C17H17NO3S2/c19-17(13-4-7-22-10-13)18-5-3-16(23-8-6-18)12-1-2-14-15(9-12)21-11-20-14/h1-2,4,7,9-10,16H,3,5-6,8,11H2/t16-/m1/s1. The van der Waals surface area contributed by atoms with Crippen LogP contribution in [0, 0.1) is 0 Å². The summed E-state index contributed by atoms with van der Waals surface area (Å²) in [5.74, 6) is 2.76. The lowest BCUT2D eigenvalue weighted by Gasteiger charge is -2.19. The predicted octanol–water partition coefficient (Wildman–Crippen LogP) is 3.80. The predicted molar refractivity (Wildman–Crippen MR) is 92.6 cm³/mol. The van der Waals surface area contributed by atoms with E-state index >= 15 is 0 Å². The molecule has 1 aromatic carbocycles. The van der Waals surface area contributed by atoms with Gasteiger partial charge in [0.1, 0.15) is 0 Å². The van der Waals surface area contributed by atoms with Crippen LogP contribution in [0.3, 0.4) is 0 Å². The van der Waals surface area contributed by atoms with E-state index in [4.69, 9.17) is 9.47 Å². The van der Waals surface area contributed by atoms with E-state index in [9.17, 15) is 4.79 Å². The van der Waals surface area contributed by atoms with Gasteiger partial charge in [-0.25, -0.2) is 0 Å². The Kier molecular flexibility index (Phi) is 4.18. The number of carbonyl (C=O) groups excluding carboxylic acids is 1. The zero-order valence-corrected chi connectivity index (χ0v) is 14.2. The van der Waals surface area contributed by atoms with Gasteiger partial charge in [-0.2, -0.15) is 23.1 Å². The van der Waals surface area contributed by atoms with Crippen molar-refractivity contribution in [1.82, 2.24) is 4.90 Å². The van der Waals surface area contributed by atoms with Gasteiger partial charge < -0.3 is 14.4 Å². The van der Waals surface area contributed by atoms with E-state index in [1.54, 1.807) is 11.3 Å². The highest BCUT2D eigenvalue weighted by atomic mass is 32.2. The molecule has 0 bridgehead atoms. The first-order valence-electron chi connectivity index (χ1n) is 7.64. The molecule has 0 N–H and O–H groups in total. The Morgan fingerprint density at radius 3 is 2.96 bits per heavy atom. The molecule has 0 radical (unpaired) electrons. The van der Waals surface area contributed by atoms with Crippen molar-refractivity contribution >= 4 is 29.0 Å². The van der Waals surface area contributed by atoms with E-state index in [1.807, 2.05) is 39.6 Å². The number of nitrogens with zero attached hydrogens (tertiary/aromatic N) is 1. The molecule has 1 fully saturated rings. The summed E-state index contributed by atoms with van der Waals surface area (Å²) in [4.78, 5) is 14.5. The lowest BCUT2D eigenvalue weighted by atomic mass is 10.1. The van der Waals surface area contributed by atoms with Gasteiger partial charge in [-0.1, -0.05) is 6.07 Å². The number of fused-ring (bicyclic) bond motifs is 1. The first-order chi connectivity index (χ1) is 11.3. The van der Waals surface area contributed by atoms with Crippen molar-refractivity contribution in [2.24, 2.45) is 0 Å². The Balaban J connectivity index is 1.46. The largest absolute Gasteiger partial charge is 0.454 e. The van der Waals surface area contributed by atoms with E-state index in [2.05, 4.69) is 12.1 Å². The van der Waals surface area contributed by atoms with Crippen LogP contribution in [0.15, 0.2) is 35.0 Å². The number of thioether (sulfide) groups is 1. The summed E-state index contributed by atoms with van der Waals surface area (Å²) < 4.78 is 10.8. The van der Waals surface area contributed by atoms with Gasteiger partial charge in [0, 0.05) is 29.5 Å². The second-order valence-corrected chi connectivity index (χ2v) is 7.66. The van der Waals surface area contributed by atoms with Crippen LogP contribution in [-0.4, -0.2) is 36.4 Å². The van der Waals surface area contributed by atoms with E-state index in [0.29, 0.717) is 12.0 Å². The van der Waals surface area contributed by atoms with Crippen LogP contribution < -0.4 is 9.47 Å². The van der Waals surface area contributed by atoms with Gasteiger partial charge in [0.05, 0.1) is 5.56 Å². The molecule has 6 heteroatoms. The van der Waals surface area contributed by atoms with E-state index in [-0.39, 0.29) is 5.91 Å². The molecular weight excluding hydrogens is 330 g/mol. The highest BCUT2D eigenvalue weighted by Gasteiger charge is 2.24. The maximum atomic E-state index is 12.5. The molecule has 1 aromatic heterocycles. The molecule has 1 atom stereocenters. The summed E-state index contributed by atoms with van der Waals surface area (Å²) >= 11 is 3.48. The number of rotatable bonds is 2. The van der Waals surface area contributed by atoms with Gasteiger partial charge in [0.2, 0.25) is 6.79 Å². The zero-order chi connectivity index (χ0) is 15.6. The summed E-state index contributed by atoms with van der Waals surface area (Å²) in [5, 5.41) is 4.27. The first-order valence-corrected chi connectivity index (χ1v) is 9.63. The monoisotopic (exact) mass is 347 g/mol. The van der Waals surface area contributed by atoms with Gasteiger partial charge in [-0.15, -0.1) is 0 Å². The van der Waals surface area contributed by atoms with Crippen molar-refractivity contribution < 1.29 is 14.3 Å². The summed E-state index contributed by atoms with van der Waals surface area (Å²) in [6, 6.07) is 8.08. The Morgan fingerprint density at radius 2 is 2.09 bits per heavy atom. The van der Waals surface area contributed by atoms with Crippen molar-refractivity contribution in [2.75, 3.05) is 25.6 Å². The summed E-state index contributed by atoms with van der Waals surface area (Å²) in [7, 11) is 0. The lowest BCUT2D eigenvalue weighted by molar-refractivity contribution is 0.0767. The maximum absolute atomic E-state index is 12.5. The normalized spacial score (nSPS) is 20.3. The highest BCUT2D eigenvalue weighted by Crippen LogP contribution is 2.40. The third-order valence-electron chi connectivity index (χ3n) is 4.17. The van der Waals surface area contributed by atoms with Crippen molar-refractivity contribution in [3.8, 4) is 11.5 Å². The second-order valence-electron chi connectivity index (χ2n) is 5.57. The van der Waals surface area contributed by atoms with Crippen LogP contribution in [0.1, 0.15) is 27.6 Å². The van der Waals surface area contributed by atoms with Crippen molar-refractivity contribution in [2.45, 2.75) is 11.7 Å². The van der Waals surface area contributed by atoms with Gasteiger partial charge >= 0.3 is 0 Å². The van der Waals surface area contributed by atoms with Crippen LogP contribution in [0.2, 0.25) is 0 Å². The minimum atomic E-state index is 0.151. The molecular formula is C17H17NO3S2. The highest BCUT2D eigenvalue weighted by molar-refractivity contribution is 7.99. The Morgan fingerprint density at radius 1 is 1.17 bits per heavy atom. The van der Waals surface area contributed by atoms with Crippen LogP contribution in [0.4, 0.5) is 0 Å². The number of benzene rings is 1. The molecule has 3 heterocycles. The number of thiophene rings is 1. The quantitative estimate of drug-likeness (QED) is 0.828. The van der Waals surface area contributed by atoms with E-state index in [1.165, 1.54) is 5.56 Å². The first kappa shape index (κ1) is 14.9. The van der Waals surface area contributed by atoms with Gasteiger partial charge in [0.25, 0.3) is 5.91 Å². The number of ether oxygens (including phenoxy) is 2. The number of amides is 1. The van der Waals surface area contributed by atoms with Crippen LogP contribution in [-0.2, 0) is 0 Å². The fourth-order valence-corrected chi connectivity index (χ4v) is 4.77. The van der Waals surface area contributed by atoms with Gasteiger partial charge in [0.15, 0.2) is 11.5 Å². The Bertz CT molecular complexity index is 702. The molecule has 4 rings (SSSR count). The minimum absolute atomic E-state index is 0.151. The summed E-state index contributed by atoms with van der Waals surface area (Å²) in [5.41, 5.74) is 2.06. The fourth-order valence-electron chi connectivity index (χ4n) is 2.92. The molecule has 23 heavy (non-hydrogen) atoms. The summed E-state index contributed by atoms with van der Waals surface area (Å²) in [6.45, 7) is 1.90. The van der Waals surface area contributed by atoms with E-state index in [0.717, 1.165) is 42.3 Å². The molecule has 2 aromatic rings. The smallest absolute Gasteiger partial charge is 0.254 e. The zero-order valence-electron chi connectivity index (χ0n) is 12.6. The van der Waals surface area contributed by atoms with Crippen LogP contribution in [0.5, 0.6) is 11.5 Å². The number of hydrogen-bond acceptors (Lipinski definition) is 5. The maximum Gasteiger partial charge on any atom is 0.254 e.